The number of thioether (sulfide) groups is 1. The van der Waals surface area contributed by atoms with Crippen molar-refractivity contribution in [3.05, 3.63) is 94.5 Å². The summed E-state index contributed by atoms with van der Waals surface area (Å²) in [7, 11) is 0. The number of carboxylic acids is 2. The quantitative estimate of drug-likeness (QED) is 0.0570. The molecule has 1 saturated heterocycles. The molecule has 3 aromatic heterocycles. The predicted octanol–water partition coefficient (Wildman–Crippen LogP) is 1.87. The van der Waals surface area contributed by atoms with E-state index in [1.54, 1.807) is 18.3 Å². The highest BCUT2D eigenvalue weighted by molar-refractivity contribution is 8.00. The molecule has 4 aromatic rings. The van der Waals surface area contributed by atoms with E-state index in [-0.39, 0.29) is 27.8 Å². The van der Waals surface area contributed by atoms with Crippen molar-refractivity contribution in [2.24, 2.45) is 5.16 Å². The van der Waals surface area contributed by atoms with Crippen molar-refractivity contribution in [2.45, 2.75) is 23.9 Å². The number of carbonyl (C=O) groups is 4. The molecule has 2 amide bonds. The Morgan fingerprint density at radius 1 is 1.21 bits per heavy atom. The Labute approximate surface area is 278 Å². The number of fused-ring (bicyclic) bond motifs is 2. The first-order valence-electron chi connectivity index (χ1n) is 14.0. The zero-order chi connectivity index (χ0) is 34.1. The molecule has 1 aromatic carbocycles. The number of aliphatic carboxylic acids is 2. The van der Waals surface area contributed by atoms with E-state index >= 15 is 0 Å². The summed E-state index contributed by atoms with van der Waals surface area (Å²) < 4.78 is 1.87. The van der Waals surface area contributed by atoms with Crippen LogP contribution in [0.2, 0.25) is 0 Å². The van der Waals surface area contributed by atoms with Gasteiger partial charge in [-0.15, -0.1) is 23.1 Å². The zero-order valence-electron chi connectivity index (χ0n) is 24.5. The number of anilines is 1. The van der Waals surface area contributed by atoms with E-state index < -0.39 is 58.5 Å². The van der Waals surface area contributed by atoms with E-state index in [0.717, 1.165) is 33.5 Å². The number of rotatable bonds is 11. The Balaban J connectivity index is 1.20. The van der Waals surface area contributed by atoms with Crippen LogP contribution in [0, 0.1) is 0 Å². The molecular weight excluding hydrogens is 667 g/mol. The first kappa shape index (κ1) is 32.1. The Morgan fingerprint density at radius 2 is 2.02 bits per heavy atom. The number of hydrogen-bond donors (Lipinski definition) is 6. The van der Waals surface area contributed by atoms with Crippen LogP contribution in [0.25, 0.3) is 5.65 Å². The fourth-order valence-corrected chi connectivity index (χ4v) is 6.97. The number of nitrogens with two attached hydrogens (primary N) is 1. The van der Waals surface area contributed by atoms with E-state index in [1.165, 1.54) is 29.3 Å². The van der Waals surface area contributed by atoms with Crippen LogP contribution in [0.1, 0.15) is 22.9 Å². The minimum atomic E-state index is -1.95. The number of nitrogens with one attached hydrogen (secondary N) is 1. The molecule has 18 heteroatoms. The maximum absolute atomic E-state index is 13.5. The predicted molar refractivity (Wildman–Crippen MR) is 172 cm³/mol. The number of oxime groups is 1. The molecule has 0 radical (unpaired) electrons. The lowest BCUT2D eigenvalue weighted by Crippen LogP contribution is -2.71. The number of imidazole rings is 1. The minimum Gasteiger partial charge on any atom is -0.504 e. The van der Waals surface area contributed by atoms with Crippen LogP contribution in [-0.4, -0.2) is 86.3 Å². The average molecular weight is 692 g/mol. The molecule has 2 aliphatic rings. The highest BCUT2D eigenvalue weighted by Gasteiger charge is 2.54. The standard InChI is InChI=1S/C30H25N7O9S2/c31-30-33-17(13-48-30)20(35-46-24(29(44)45)16-5-2-6-18(38)23(16)39)25(40)34-21-26(41)37-22(28(42)43)15(12-47-27(21)37)4-1-3-14-7-9-36-10-8-32-19(36)11-14/h1-2,4-11,13,21,24,27,38-39H,3,12H2,(H2,31,33)(H,34,40)(H,42,43)(H,44,45). The van der Waals surface area contributed by atoms with E-state index in [0.29, 0.717) is 12.0 Å². The summed E-state index contributed by atoms with van der Waals surface area (Å²) in [4.78, 5) is 65.6. The number of phenolic OH excluding ortho intramolecular Hbond substituents is 2. The third-order valence-corrected chi connectivity index (χ3v) is 9.38. The van der Waals surface area contributed by atoms with Crippen LogP contribution < -0.4 is 11.1 Å². The number of phenols is 2. The normalized spacial score (nSPS) is 18.5. The second kappa shape index (κ2) is 13.1. The molecule has 16 nitrogen and oxygen atoms in total. The summed E-state index contributed by atoms with van der Waals surface area (Å²) in [5.41, 5.74) is 6.72. The van der Waals surface area contributed by atoms with Crippen molar-refractivity contribution >= 4 is 63.3 Å². The number of carbonyl (C=O) groups excluding carboxylic acids is 2. The largest absolute Gasteiger partial charge is 0.504 e. The van der Waals surface area contributed by atoms with Crippen LogP contribution >= 0.6 is 23.1 Å². The first-order valence-corrected chi connectivity index (χ1v) is 15.9. The van der Waals surface area contributed by atoms with Gasteiger partial charge in [0.25, 0.3) is 17.9 Å². The second-order valence-electron chi connectivity index (χ2n) is 10.4. The number of nitrogens with zero attached hydrogens (tertiary/aromatic N) is 5. The summed E-state index contributed by atoms with van der Waals surface area (Å²) in [6.07, 6.45) is 7.40. The van der Waals surface area contributed by atoms with Gasteiger partial charge in [-0.3, -0.25) is 14.5 Å². The summed E-state index contributed by atoms with van der Waals surface area (Å²) >= 11 is 2.21. The molecule has 0 aliphatic carbocycles. The van der Waals surface area contributed by atoms with Crippen LogP contribution in [0.3, 0.4) is 0 Å². The molecule has 2 aliphatic heterocycles. The number of hydrogen-bond acceptors (Lipinski definition) is 13. The topological polar surface area (TPSA) is 242 Å². The van der Waals surface area contributed by atoms with Crippen molar-refractivity contribution in [1.29, 1.82) is 0 Å². The van der Waals surface area contributed by atoms with Gasteiger partial charge in [0.1, 0.15) is 28.5 Å². The Kier molecular flexibility index (Phi) is 8.74. The lowest BCUT2D eigenvalue weighted by molar-refractivity contribution is -0.151. The molecule has 5 heterocycles. The molecule has 6 rings (SSSR count). The van der Waals surface area contributed by atoms with E-state index in [9.17, 15) is 39.6 Å². The van der Waals surface area contributed by atoms with Crippen LogP contribution in [0.15, 0.2) is 82.9 Å². The maximum atomic E-state index is 13.5. The molecule has 0 bridgehead atoms. The molecule has 3 unspecified atom stereocenters. The third-order valence-electron chi connectivity index (χ3n) is 7.40. The van der Waals surface area contributed by atoms with Crippen LogP contribution in [-0.2, 0) is 30.4 Å². The second-order valence-corrected chi connectivity index (χ2v) is 12.4. The van der Waals surface area contributed by atoms with Gasteiger partial charge in [0.2, 0.25) is 0 Å². The maximum Gasteiger partial charge on any atom is 0.352 e. The van der Waals surface area contributed by atoms with Crippen molar-refractivity contribution < 1.29 is 44.4 Å². The van der Waals surface area contributed by atoms with Crippen molar-refractivity contribution in [3.8, 4) is 11.5 Å². The number of benzene rings is 1. The van der Waals surface area contributed by atoms with Gasteiger partial charge in [0.15, 0.2) is 22.3 Å². The zero-order valence-corrected chi connectivity index (χ0v) is 26.1. The van der Waals surface area contributed by atoms with Crippen molar-refractivity contribution in [3.63, 3.8) is 0 Å². The van der Waals surface area contributed by atoms with Crippen LogP contribution in [0.5, 0.6) is 11.5 Å². The summed E-state index contributed by atoms with van der Waals surface area (Å²) in [5.74, 6) is -5.69. The van der Waals surface area contributed by atoms with E-state index in [4.69, 9.17) is 10.6 Å². The fraction of sp³-hybridized carbons (Fsp3) is 0.167. The Bertz CT molecular complexity index is 2050. The Morgan fingerprint density at radius 3 is 2.75 bits per heavy atom. The molecule has 48 heavy (non-hydrogen) atoms. The smallest absolute Gasteiger partial charge is 0.352 e. The van der Waals surface area contributed by atoms with E-state index in [2.05, 4.69) is 20.4 Å². The van der Waals surface area contributed by atoms with Gasteiger partial charge >= 0.3 is 11.9 Å². The van der Waals surface area contributed by atoms with Gasteiger partial charge in [-0.2, -0.15) is 0 Å². The van der Waals surface area contributed by atoms with Crippen molar-refractivity contribution in [2.75, 3.05) is 11.5 Å². The van der Waals surface area contributed by atoms with Gasteiger partial charge in [-0.25, -0.2) is 19.6 Å². The van der Waals surface area contributed by atoms with Gasteiger partial charge in [-0.1, -0.05) is 29.4 Å². The number of amides is 2. The lowest BCUT2D eigenvalue weighted by atomic mass is 10.0. The van der Waals surface area contributed by atoms with Gasteiger partial charge in [-0.05, 0) is 35.8 Å². The SMILES string of the molecule is Nc1nc(C(=NOC(C(=O)O)c2cccc(O)c2O)C(=O)NC2C(=O)N3C(C(=O)O)=C(C=CCc4ccn5ccnc5c4)CSC23)cs1. The van der Waals surface area contributed by atoms with E-state index in [1.807, 2.05) is 28.9 Å². The van der Waals surface area contributed by atoms with Gasteiger partial charge in [0, 0.05) is 29.7 Å². The molecule has 246 valence electrons. The molecule has 1 fully saturated rings. The monoisotopic (exact) mass is 691 g/mol. The highest BCUT2D eigenvalue weighted by Crippen LogP contribution is 2.41. The molecule has 3 atom stereocenters. The number of carboxylic acid groups (broad SMARTS) is 2. The summed E-state index contributed by atoms with van der Waals surface area (Å²) in [5, 5.41) is 46.6. The number of aromatic nitrogens is 3. The van der Waals surface area contributed by atoms with Gasteiger partial charge < -0.3 is 40.7 Å². The molecule has 0 spiro atoms. The fourth-order valence-electron chi connectivity index (χ4n) is 5.10. The first-order chi connectivity index (χ1) is 23.0. The number of β-lactam (4-membered cyclic amide) rings is 1. The summed E-state index contributed by atoms with van der Waals surface area (Å²) in [6, 6.07) is 6.27. The number of nitrogen functional groups attached to an aromatic ring is 1. The number of allylic oxidation sites excluding steroid dienone is 2. The summed E-state index contributed by atoms with van der Waals surface area (Å²) in [6.45, 7) is 0. The Hall–Kier alpha value is -5.88. The lowest BCUT2D eigenvalue weighted by Gasteiger charge is -2.49. The third kappa shape index (κ3) is 6.13. The van der Waals surface area contributed by atoms with Gasteiger partial charge in [0.05, 0.1) is 5.56 Å². The minimum absolute atomic E-state index is 0.0542. The molecule has 0 saturated carbocycles. The molecular formula is C30H25N7O9S2. The number of aromatic hydroxyl groups is 2. The number of para-hydroxylation sites is 1. The van der Waals surface area contributed by atoms with Crippen molar-refractivity contribution in [1.82, 2.24) is 24.6 Å². The highest BCUT2D eigenvalue weighted by atomic mass is 32.2. The molecule has 7 N–H and O–H groups in total. The average Bonchev–Trinajstić information content (AvgIpc) is 3.71. The van der Waals surface area contributed by atoms with Crippen LogP contribution in [0.4, 0.5) is 5.13 Å². The number of thiazole rings is 1. The number of pyridine rings is 1.